The molecule has 0 aliphatic heterocycles. The Balaban J connectivity index is 2.97. The summed E-state index contributed by atoms with van der Waals surface area (Å²) >= 11 is 5.84. The first-order valence-electron chi connectivity index (χ1n) is 5.84. The lowest BCUT2D eigenvalue weighted by molar-refractivity contribution is -0.119. The highest BCUT2D eigenvalue weighted by Crippen LogP contribution is 2.27. The van der Waals surface area contributed by atoms with Crippen molar-refractivity contribution in [3.05, 3.63) is 23.2 Å². The minimum Gasteiger partial charge on any atom is -0.398 e. The van der Waals surface area contributed by atoms with Gasteiger partial charge in [-0.3, -0.25) is 4.79 Å². The van der Waals surface area contributed by atoms with E-state index in [-0.39, 0.29) is 21.6 Å². The molecule has 3 N–H and O–H groups in total. The Morgan fingerprint density at radius 3 is 2.63 bits per heavy atom. The molecule has 1 aromatic carbocycles. The molecule has 0 saturated carbocycles. The molecule has 1 aromatic rings. The number of carbonyl (C=O) groups excluding carboxylic acids is 1. The van der Waals surface area contributed by atoms with Crippen molar-refractivity contribution in [1.82, 2.24) is 5.32 Å². The fraction of sp³-hybridized carbons (Fsp3) is 0.417. The number of benzene rings is 1. The quantitative estimate of drug-likeness (QED) is 0.809. The number of nitrogens with one attached hydrogen (secondary N) is 1. The Hall–Kier alpha value is -1.27. The lowest BCUT2D eigenvalue weighted by atomic mass is 10.3. The van der Waals surface area contributed by atoms with E-state index in [1.807, 2.05) is 6.92 Å². The van der Waals surface area contributed by atoms with Crippen LogP contribution in [-0.4, -0.2) is 26.1 Å². The van der Waals surface area contributed by atoms with Crippen LogP contribution in [0.2, 0.25) is 5.02 Å². The molecule has 0 fully saturated rings. The molecule has 0 aliphatic carbocycles. The van der Waals surface area contributed by atoms with Crippen molar-refractivity contribution in [1.29, 1.82) is 0 Å². The lowest BCUT2D eigenvalue weighted by Gasteiger charge is -2.13. The van der Waals surface area contributed by atoms with Gasteiger partial charge in [0, 0.05) is 6.04 Å². The average Bonchev–Trinajstić information content (AvgIpc) is 2.26. The maximum absolute atomic E-state index is 12.1. The second-order valence-electron chi connectivity index (χ2n) is 4.29. The molecule has 1 atom stereocenters. The van der Waals surface area contributed by atoms with Gasteiger partial charge in [0.2, 0.25) is 5.91 Å². The summed E-state index contributed by atoms with van der Waals surface area (Å²) in [6.45, 7) is 3.69. The first kappa shape index (κ1) is 15.8. The van der Waals surface area contributed by atoms with Crippen LogP contribution >= 0.6 is 11.6 Å². The number of rotatable bonds is 5. The molecule has 1 unspecified atom stereocenters. The molecular formula is C12H17ClN2O3S. The predicted octanol–water partition coefficient (Wildman–Crippen LogP) is 1.61. The van der Waals surface area contributed by atoms with Crippen LogP contribution in [0.4, 0.5) is 5.69 Å². The van der Waals surface area contributed by atoms with Crippen molar-refractivity contribution in [2.45, 2.75) is 31.2 Å². The van der Waals surface area contributed by atoms with Crippen molar-refractivity contribution in [3.63, 3.8) is 0 Å². The van der Waals surface area contributed by atoms with Crippen LogP contribution in [0.15, 0.2) is 23.1 Å². The largest absolute Gasteiger partial charge is 0.398 e. The molecule has 19 heavy (non-hydrogen) atoms. The summed E-state index contributed by atoms with van der Waals surface area (Å²) in [5.74, 6) is -1.22. The molecule has 106 valence electrons. The Kier molecular flexibility index (Phi) is 5.20. The highest BCUT2D eigenvalue weighted by atomic mass is 35.5. The lowest BCUT2D eigenvalue weighted by Crippen LogP contribution is -2.36. The third kappa shape index (κ3) is 4.11. The summed E-state index contributed by atoms with van der Waals surface area (Å²) in [6, 6.07) is 4.34. The number of anilines is 1. The number of carbonyl (C=O) groups is 1. The van der Waals surface area contributed by atoms with Crippen LogP contribution in [0, 0.1) is 0 Å². The highest BCUT2D eigenvalue weighted by Gasteiger charge is 2.24. The van der Waals surface area contributed by atoms with E-state index in [4.69, 9.17) is 17.3 Å². The number of amides is 1. The molecule has 0 bridgehead atoms. The minimum absolute atomic E-state index is 0.0244. The molecule has 0 spiro atoms. The summed E-state index contributed by atoms with van der Waals surface area (Å²) < 4.78 is 24.3. The Labute approximate surface area is 118 Å². The summed E-state index contributed by atoms with van der Waals surface area (Å²) in [5, 5.41) is 2.62. The summed E-state index contributed by atoms with van der Waals surface area (Å²) in [6.07, 6.45) is 0.722. The zero-order chi connectivity index (χ0) is 14.6. The van der Waals surface area contributed by atoms with Gasteiger partial charge in [-0.05, 0) is 25.5 Å². The molecular weight excluding hydrogens is 288 g/mol. The Bertz CT molecular complexity index is 552. The first-order chi connectivity index (χ1) is 8.77. The van der Waals surface area contributed by atoms with Gasteiger partial charge in [0.15, 0.2) is 9.84 Å². The molecule has 1 amide bonds. The van der Waals surface area contributed by atoms with E-state index >= 15 is 0 Å². The molecule has 0 aliphatic rings. The SMILES string of the molecule is CCC(C)NC(=O)CS(=O)(=O)c1c(N)cccc1Cl. The topological polar surface area (TPSA) is 89.3 Å². The highest BCUT2D eigenvalue weighted by molar-refractivity contribution is 7.92. The van der Waals surface area contributed by atoms with Crippen molar-refractivity contribution in [2.75, 3.05) is 11.5 Å². The molecule has 0 heterocycles. The molecule has 5 nitrogen and oxygen atoms in total. The standard InChI is InChI=1S/C12H17ClN2O3S/c1-3-8(2)15-11(16)7-19(17,18)12-9(13)5-4-6-10(12)14/h4-6,8H,3,7,14H2,1-2H3,(H,15,16). The Morgan fingerprint density at radius 2 is 2.11 bits per heavy atom. The molecule has 0 radical (unpaired) electrons. The second kappa shape index (κ2) is 6.25. The smallest absolute Gasteiger partial charge is 0.235 e. The maximum atomic E-state index is 12.1. The van der Waals surface area contributed by atoms with Crippen molar-refractivity contribution in [2.24, 2.45) is 0 Å². The van der Waals surface area contributed by atoms with Crippen LogP contribution in [0.25, 0.3) is 0 Å². The number of nitrogens with two attached hydrogens (primary N) is 1. The molecule has 7 heteroatoms. The predicted molar refractivity (Wildman–Crippen MR) is 75.8 cm³/mol. The monoisotopic (exact) mass is 304 g/mol. The number of nitrogen functional groups attached to an aromatic ring is 1. The molecule has 1 rings (SSSR count). The number of hydrogen-bond acceptors (Lipinski definition) is 4. The van der Waals surface area contributed by atoms with Crippen LogP contribution in [0.3, 0.4) is 0 Å². The Morgan fingerprint density at radius 1 is 1.47 bits per heavy atom. The van der Waals surface area contributed by atoms with E-state index in [9.17, 15) is 13.2 Å². The average molecular weight is 305 g/mol. The van der Waals surface area contributed by atoms with Gasteiger partial charge in [-0.25, -0.2) is 8.42 Å². The summed E-state index contributed by atoms with van der Waals surface area (Å²) in [5.41, 5.74) is 5.66. The zero-order valence-corrected chi connectivity index (χ0v) is 12.4. The van der Waals surface area contributed by atoms with Gasteiger partial charge >= 0.3 is 0 Å². The number of sulfone groups is 1. The van der Waals surface area contributed by atoms with E-state index < -0.39 is 21.5 Å². The van der Waals surface area contributed by atoms with Gasteiger partial charge in [-0.15, -0.1) is 0 Å². The van der Waals surface area contributed by atoms with E-state index in [2.05, 4.69) is 5.32 Å². The first-order valence-corrected chi connectivity index (χ1v) is 7.87. The fourth-order valence-electron chi connectivity index (χ4n) is 1.52. The van der Waals surface area contributed by atoms with Crippen LogP contribution < -0.4 is 11.1 Å². The van der Waals surface area contributed by atoms with Crippen molar-refractivity contribution < 1.29 is 13.2 Å². The van der Waals surface area contributed by atoms with Crippen molar-refractivity contribution >= 4 is 33.0 Å². The minimum atomic E-state index is -3.84. The number of hydrogen-bond donors (Lipinski definition) is 2. The normalized spacial score (nSPS) is 13.0. The van der Waals surface area contributed by atoms with E-state index in [1.165, 1.54) is 12.1 Å². The van der Waals surface area contributed by atoms with Crippen LogP contribution in [0.1, 0.15) is 20.3 Å². The van der Waals surface area contributed by atoms with Gasteiger partial charge in [0.25, 0.3) is 0 Å². The van der Waals surface area contributed by atoms with Crippen LogP contribution in [0.5, 0.6) is 0 Å². The molecule has 0 aromatic heterocycles. The van der Waals surface area contributed by atoms with E-state index in [0.717, 1.165) is 6.42 Å². The van der Waals surface area contributed by atoms with Crippen molar-refractivity contribution in [3.8, 4) is 0 Å². The van der Waals surface area contributed by atoms with Crippen LogP contribution in [-0.2, 0) is 14.6 Å². The van der Waals surface area contributed by atoms with Gasteiger partial charge < -0.3 is 11.1 Å². The van der Waals surface area contributed by atoms with Gasteiger partial charge in [0.05, 0.1) is 10.7 Å². The third-order valence-electron chi connectivity index (χ3n) is 2.65. The number of halogens is 1. The van der Waals surface area contributed by atoms with Gasteiger partial charge in [-0.2, -0.15) is 0 Å². The van der Waals surface area contributed by atoms with E-state index in [1.54, 1.807) is 13.0 Å². The zero-order valence-electron chi connectivity index (χ0n) is 10.8. The summed E-state index contributed by atoms with van der Waals surface area (Å²) in [7, 11) is -3.84. The van der Waals surface area contributed by atoms with Gasteiger partial charge in [-0.1, -0.05) is 24.6 Å². The molecule has 0 saturated heterocycles. The van der Waals surface area contributed by atoms with E-state index in [0.29, 0.717) is 0 Å². The maximum Gasteiger partial charge on any atom is 0.235 e. The summed E-state index contributed by atoms with van der Waals surface area (Å²) in [4.78, 5) is 11.5. The third-order valence-corrected chi connectivity index (χ3v) is 4.80. The second-order valence-corrected chi connectivity index (χ2v) is 6.63. The fourth-order valence-corrected chi connectivity index (χ4v) is 3.42. The van der Waals surface area contributed by atoms with Gasteiger partial charge in [0.1, 0.15) is 10.6 Å².